The number of aromatic hydroxyl groups is 1. The zero-order valence-corrected chi connectivity index (χ0v) is 18.2. The third-order valence-electron chi connectivity index (χ3n) is 5.84. The summed E-state index contributed by atoms with van der Waals surface area (Å²) in [6, 6.07) is 9.95. The molecule has 1 aromatic heterocycles. The smallest absolute Gasteiger partial charge is 0.317 e. The van der Waals surface area contributed by atoms with E-state index in [1.807, 2.05) is 0 Å². The van der Waals surface area contributed by atoms with Gasteiger partial charge in [-0.3, -0.25) is 24.3 Å². The fourth-order valence-electron chi connectivity index (χ4n) is 4.34. The molecule has 0 saturated carbocycles. The van der Waals surface area contributed by atoms with Crippen LogP contribution in [0.3, 0.4) is 0 Å². The second-order valence-electron chi connectivity index (χ2n) is 7.82. The van der Waals surface area contributed by atoms with Crippen LogP contribution in [0.2, 0.25) is 0 Å². The Kier molecular flexibility index (Phi) is 4.60. The number of methoxy groups -OCH3 is 1. The highest BCUT2D eigenvalue weighted by molar-refractivity contribution is 7.07. The number of thiazole rings is 1. The minimum Gasteiger partial charge on any atom is -0.507 e. The molecule has 0 saturated heterocycles. The van der Waals surface area contributed by atoms with Crippen LogP contribution >= 0.6 is 11.3 Å². The molecule has 3 atom stereocenters. The average Bonchev–Trinajstić information content (AvgIpc) is 3.07. The van der Waals surface area contributed by atoms with Crippen LogP contribution in [0.1, 0.15) is 24.1 Å². The van der Waals surface area contributed by atoms with E-state index in [1.54, 1.807) is 31.2 Å². The van der Waals surface area contributed by atoms with Gasteiger partial charge in [0.05, 0.1) is 22.6 Å². The maximum absolute atomic E-state index is 13.5. The Morgan fingerprint density at radius 3 is 2.85 bits per heavy atom. The number of para-hydroxylation sites is 1. The monoisotopic (exact) mass is 467 g/mol. The van der Waals surface area contributed by atoms with Crippen LogP contribution in [0, 0.1) is 16.0 Å². The largest absolute Gasteiger partial charge is 0.507 e. The fraction of sp³-hybridized carbons (Fsp3) is 0.227. The summed E-state index contributed by atoms with van der Waals surface area (Å²) in [5.41, 5.74) is -1.19. The third-order valence-corrected chi connectivity index (χ3v) is 6.83. The Morgan fingerprint density at radius 1 is 1.36 bits per heavy atom. The maximum Gasteiger partial charge on any atom is 0.317 e. The van der Waals surface area contributed by atoms with Gasteiger partial charge in [-0.15, -0.1) is 0 Å². The van der Waals surface area contributed by atoms with E-state index >= 15 is 0 Å². The van der Waals surface area contributed by atoms with Crippen LogP contribution in [0.4, 0.5) is 5.69 Å². The van der Waals surface area contributed by atoms with Gasteiger partial charge in [0.25, 0.3) is 11.2 Å². The van der Waals surface area contributed by atoms with Crippen molar-refractivity contribution in [1.82, 2.24) is 4.57 Å². The number of esters is 1. The Balaban J connectivity index is 1.78. The van der Waals surface area contributed by atoms with Crippen molar-refractivity contribution < 1.29 is 24.3 Å². The number of phenols is 1. The zero-order valence-electron chi connectivity index (χ0n) is 17.4. The van der Waals surface area contributed by atoms with Gasteiger partial charge < -0.3 is 14.6 Å². The van der Waals surface area contributed by atoms with Gasteiger partial charge in [0.2, 0.25) is 5.72 Å². The van der Waals surface area contributed by atoms with Crippen molar-refractivity contribution in [3.8, 4) is 11.5 Å². The first kappa shape index (κ1) is 20.9. The van der Waals surface area contributed by atoms with Gasteiger partial charge >= 0.3 is 5.97 Å². The minimum absolute atomic E-state index is 0.121. The number of fused-ring (bicyclic) bond motifs is 6. The van der Waals surface area contributed by atoms with Gasteiger partial charge in [0.1, 0.15) is 17.4 Å². The number of nitro groups is 1. The number of benzene rings is 2. The van der Waals surface area contributed by atoms with Crippen LogP contribution in [-0.4, -0.2) is 33.4 Å². The molecule has 3 heterocycles. The molecule has 0 aliphatic carbocycles. The zero-order chi connectivity index (χ0) is 23.5. The lowest BCUT2D eigenvalue weighted by Crippen LogP contribution is -2.58. The SMILES string of the molecule is COC(=O)C1C2c3ccccc3OC1(C)N=c1sc(=Cc3cc([N+](=O)[O-])ccc3O)c(=O)n12. The van der Waals surface area contributed by atoms with E-state index in [4.69, 9.17) is 9.47 Å². The van der Waals surface area contributed by atoms with E-state index in [0.717, 1.165) is 11.3 Å². The van der Waals surface area contributed by atoms with Gasteiger partial charge in [-0.05, 0) is 25.1 Å². The molecule has 33 heavy (non-hydrogen) atoms. The summed E-state index contributed by atoms with van der Waals surface area (Å²) in [6.07, 6.45) is 1.38. The number of carbonyl (C=O) groups is 1. The number of non-ortho nitro benzene ring substituents is 1. The molecule has 0 spiro atoms. The minimum atomic E-state index is -1.30. The highest BCUT2D eigenvalue weighted by Crippen LogP contribution is 2.47. The average molecular weight is 467 g/mol. The summed E-state index contributed by atoms with van der Waals surface area (Å²) in [4.78, 5) is 41.7. The number of hydrogen-bond donors (Lipinski definition) is 1. The molecule has 0 fully saturated rings. The molecule has 0 radical (unpaired) electrons. The standard InChI is InChI=1S/C22H17N3O7S/c1-22-17(20(28)31-2)18(13-5-3-4-6-15(13)32-22)24-19(27)16(33-21(24)23-22)10-11-9-12(25(29)30)7-8-14(11)26/h3-10,17-18,26H,1-2H3. The topological polar surface area (TPSA) is 133 Å². The first-order chi connectivity index (χ1) is 15.7. The van der Waals surface area contributed by atoms with Crippen molar-refractivity contribution in [3.63, 3.8) is 0 Å². The summed E-state index contributed by atoms with van der Waals surface area (Å²) >= 11 is 1.05. The fourth-order valence-corrected chi connectivity index (χ4v) is 5.43. The van der Waals surface area contributed by atoms with Crippen molar-refractivity contribution in [2.45, 2.75) is 18.7 Å². The molecule has 2 aromatic carbocycles. The van der Waals surface area contributed by atoms with E-state index in [0.29, 0.717) is 16.1 Å². The Labute approximate surface area is 189 Å². The quantitative estimate of drug-likeness (QED) is 0.350. The lowest BCUT2D eigenvalue weighted by Gasteiger charge is -2.44. The van der Waals surface area contributed by atoms with E-state index in [1.165, 1.54) is 36.0 Å². The number of aromatic nitrogens is 1. The van der Waals surface area contributed by atoms with Gasteiger partial charge in [-0.2, -0.15) is 0 Å². The van der Waals surface area contributed by atoms with Gasteiger partial charge in [0, 0.05) is 23.3 Å². The summed E-state index contributed by atoms with van der Waals surface area (Å²) in [5, 5.41) is 21.3. The molecule has 2 aliphatic heterocycles. The molecule has 2 aliphatic rings. The van der Waals surface area contributed by atoms with Crippen LogP contribution in [0.15, 0.2) is 52.3 Å². The number of rotatable bonds is 3. The number of carbonyl (C=O) groups excluding carboxylic acids is 1. The third kappa shape index (κ3) is 3.11. The van der Waals surface area contributed by atoms with E-state index in [-0.39, 0.29) is 21.5 Å². The number of nitrogens with zero attached hydrogens (tertiary/aromatic N) is 3. The molecule has 3 unspecified atom stereocenters. The molecule has 3 aromatic rings. The van der Waals surface area contributed by atoms with E-state index < -0.39 is 34.1 Å². The first-order valence-corrected chi connectivity index (χ1v) is 10.7. The van der Waals surface area contributed by atoms with Crippen molar-refractivity contribution in [1.29, 1.82) is 0 Å². The summed E-state index contributed by atoms with van der Waals surface area (Å²) in [5.74, 6) is -1.16. The van der Waals surface area contributed by atoms with Crippen LogP contribution in [0.25, 0.3) is 6.08 Å². The molecule has 5 rings (SSSR count). The van der Waals surface area contributed by atoms with Crippen molar-refractivity contribution >= 4 is 29.1 Å². The predicted molar refractivity (Wildman–Crippen MR) is 117 cm³/mol. The van der Waals surface area contributed by atoms with Crippen LogP contribution < -0.4 is 19.6 Å². The number of ether oxygens (including phenoxy) is 2. The highest BCUT2D eigenvalue weighted by atomic mass is 32.1. The maximum atomic E-state index is 13.5. The van der Waals surface area contributed by atoms with Crippen molar-refractivity contribution in [2.24, 2.45) is 10.9 Å². The molecule has 1 N–H and O–H groups in total. The molecule has 10 nitrogen and oxygen atoms in total. The molecule has 0 amide bonds. The first-order valence-electron chi connectivity index (χ1n) is 9.89. The number of phenolic OH excluding ortho intramolecular Hbond substituents is 1. The second kappa shape index (κ2) is 7.27. The molecule has 11 heteroatoms. The predicted octanol–water partition coefficient (Wildman–Crippen LogP) is 1.47. The molecular formula is C22H17N3O7S. The van der Waals surface area contributed by atoms with Crippen LogP contribution in [-0.2, 0) is 9.53 Å². The summed E-state index contributed by atoms with van der Waals surface area (Å²) in [7, 11) is 1.27. The summed E-state index contributed by atoms with van der Waals surface area (Å²) in [6.45, 7) is 1.67. The van der Waals surface area contributed by atoms with Crippen LogP contribution in [0.5, 0.6) is 11.5 Å². The summed E-state index contributed by atoms with van der Waals surface area (Å²) < 4.78 is 12.8. The second-order valence-corrected chi connectivity index (χ2v) is 8.83. The molecular weight excluding hydrogens is 450 g/mol. The lowest BCUT2D eigenvalue weighted by molar-refractivity contribution is -0.384. The van der Waals surface area contributed by atoms with Crippen molar-refractivity contribution in [3.05, 3.63) is 83.4 Å². The Hall–Kier alpha value is -3.99. The van der Waals surface area contributed by atoms with Gasteiger partial charge in [0.15, 0.2) is 4.80 Å². The van der Waals surface area contributed by atoms with E-state index in [2.05, 4.69) is 4.99 Å². The molecule has 2 bridgehead atoms. The Bertz CT molecular complexity index is 1510. The lowest BCUT2D eigenvalue weighted by atomic mass is 9.81. The number of nitro benzene ring substituents is 1. The van der Waals surface area contributed by atoms with Gasteiger partial charge in [-0.1, -0.05) is 29.5 Å². The van der Waals surface area contributed by atoms with Gasteiger partial charge in [-0.25, -0.2) is 4.99 Å². The van der Waals surface area contributed by atoms with Crippen molar-refractivity contribution in [2.75, 3.05) is 7.11 Å². The number of hydrogen-bond acceptors (Lipinski definition) is 9. The van der Waals surface area contributed by atoms with E-state index in [9.17, 15) is 24.8 Å². The molecule has 168 valence electrons. The normalized spacial score (nSPS) is 23.0. The Morgan fingerprint density at radius 2 is 2.12 bits per heavy atom. The highest BCUT2D eigenvalue weighted by Gasteiger charge is 2.55.